The molecule has 1 aromatic carbocycles. The van der Waals surface area contributed by atoms with E-state index in [9.17, 15) is 4.79 Å². The fraction of sp³-hybridized carbons (Fsp3) is 0.316. The van der Waals surface area contributed by atoms with E-state index in [1.165, 1.54) is 11.8 Å². The Morgan fingerprint density at radius 3 is 2.81 bits per heavy atom. The van der Waals surface area contributed by atoms with E-state index in [0.29, 0.717) is 18.3 Å². The molecule has 7 heteroatoms. The van der Waals surface area contributed by atoms with Crippen LogP contribution in [0.25, 0.3) is 10.2 Å². The maximum atomic E-state index is 12.8. The molecule has 0 bridgehead atoms. The summed E-state index contributed by atoms with van der Waals surface area (Å²) >= 11 is 3.12. The number of nitrogens with zero attached hydrogens (tertiary/aromatic N) is 3. The zero-order valence-electron chi connectivity index (χ0n) is 14.4. The van der Waals surface area contributed by atoms with Crippen LogP contribution in [0.5, 0.6) is 5.75 Å². The molecular weight excluding hydrogens is 366 g/mol. The number of thioether (sulfide) groups is 1. The summed E-state index contributed by atoms with van der Waals surface area (Å²) in [6, 6.07) is 10.3. The number of hydrogen-bond acceptors (Lipinski definition) is 6. The molecule has 1 aliphatic rings. The van der Waals surface area contributed by atoms with Gasteiger partial charge in [0.1, 0.15) is 17.1 Å². The van der Waals surface area contributed by atoms with Gasteiger partial charge in [-0.3, -0.25) is 4.79 Å². The van der Waals surface area contributed by atoms with Crippen molar-refractivity contribution in [2.45, 2.75) is 30.5 Å². The van der Waals surface area contributed by atoms with E-state index < -0.39 is 0 Å². The summed E-state index contributed by atoms with van der Waals surface area (Å²) in [5, 5.41) is 2.89. The van der Waals surface area contributed by atoms with Crippen LogP contribution in [-0.2, 0) is 11.3 Å². The fourth-order valence-corrected chi connectivity index (χ4v) is 4.65. The van der Waals surface area contributed by atoms with Crippen LogP contribution >= 0.6 is 23.1 Å². The van der Waals surface area contributed by atoms with E-state index in [2.05, 4.69) is 9.97 Å². The van der Waals surface area contributed by atoms with Crippen LogP contribution in [0, 0.1) is 0 Å². The molecule has 0 radical (unpaired) electrons. The predicted octanol–water partition coefficient (Wildman–Crippen LogP) is 3.98. The van der Waals surface area contributed by atoms with Crippen LogP contribution in [0.1, 0.15) is 18.4 Å². The Hall–Kier alpha value is -2.12. The molecular formula is C19H19N3O2S2. The first-order valence-corrected chi connectivity index (χ1v) is 10.3. The van der Waals surface area contributed by atoms with Gasteiger partial charge in [-0.05, 0) is 42.0 Å². The second kappa shape index (κ2) is 7.63. The molecule has 4 rings (SSSR count). The van der Waals surface area contributed by atoms with Crippen molar-refractivity contribution >= 4 is 39.2 Å². The van der Waals surface area contributed by atoms with E-state index in [-0.39, 0.29) is 5.91 Å². The molecule has 26 heavy (non-hydrogen) atoms. The smallest absolute Gasteiger partial charge is 0.233 e. The minimum absolute atomic E-state index is 0.164. The molecule has 0 atom stereocenters. The first-order valence-electron chi connectivity index (χ1n) is 8.48. The highest BCUT2D eigenvalue weighted by molar-refractivity contribution is 8.00. The summed E-state index contributed by atoms with van der Waals surface area (Å²) in [5.41, 5.74) is 2.07. The van der Waals surface area contributed by atoms with Crippen molar-refractivity contribution < 1.29 is 9.53 Å². The van der Waals surface area contributed by atoms with Gasteiger partial charge in [0, 0.05) is 12.6 Å². The Labute approximate surface area is 160 Å². The molecule has 5 nitrogen and oxygen atoms in total. The third-order valence-corrected chi connectivity index (χ3v) is 6.38. The van der Waals surface area contributed by atoms with Crippen LogP contribution in [0.2, 0.25) is 0 Å². The van der Waals surface area contributed by atoms with Crippen LogP contribution in [0.4, 0.5) is 0 Å². The van der Waals surface area contributed by atoms with Crippen molar-refractivity contribution in [2.24, 2.45) is 0 Å². The standard InChI is InChI=1S/C19H19N3O2S2/c1-24-15-6-2-13(3-7-15)10-22(14-4-5-14)17(23)11-26-19-18-16(8-9-25-18)20-12-21-19/h2-3,6-9,12,14H,4-5,10-11H2,1H3. The maximum absolute atomic E-state index is 12.8. The van der Waals surface area contributed by atoms with Crippen molar-refractivity contribution in [3.05, 3.63) is 47.6 Å². The molecule has 3 aromatic rings. The molecule has 1 fully saturated rings. The lowest BCUT2D eigenvalue weighted by molar-refractivity contribution is -0.129. The minimum Gasteiger partial charge on any atom is -0.497 e. The molecule has 0 N–H and O–H groups in total. The van der Waals surface area contributed by atoms with Crippen LogP contribution in [-0.4, -0.2) is 39.7 Å². The third-order valence-electron chi connectivity index (χ3n) is 4.36. The van der Waals surface area contributed by atoms with Gasteiger partial charge in [0.05, 0.1) is 23.1 Å². The number of carbonyl (C=O) groups is 1. The number of ether oxygens (including phenoxy) is 1. The lowest BCUT2D eigenvalue weighted by Crippen LogP contribution is -2.33. The highest BCUT2D eigenvalue weighted by Gasteiger charge is 2.32. The number of rotatable bonds is 7. The fourth-order valence-electron chi connectivity index (χ4n) is 2.82. The molecule has 2 heterocycles. The summed E-state index contributed by atoms with van der Waals surface area (Å²) in [5.74, 6) is 1.39. The maximum Gasteiger partial charge on any atom is 0.233 e. The number of methoxy groups -OCH3 is 1. The number of thiophene rings is 1. The van der Waals surface area contributed by atoms with Crippen LogP contribution in [0.15, 0.2) is 47.1 Å². The van der Waals surface area contributed by atoms with Crippen LogP contribution < -0.4 is 4.74 Å². The van der Waals surface area contributed by atoms with Gasteiger partial charge in [-0.25, -0.2) is 9.97 Å². The first-order chi connectivity index (χ1) is 12.7. The Kier molecular flexibility index (Phi) is 5.08. The molecule has 1 amide bonds. The molecule has 1 aliphatic carbocycles. The van der Waals surface area contributed by atoms with Crippen molar-refractivity contribution in [2.75, 3.05) is 12.9 Å². The van der Waals surface area contributed by atoms with Gasteiger partial charge < -0.3 is 9.64 Å². The predicted molar refractivity (Wildman–Crippen MR) is 105 cm³/mol. The summed E-state index contributed by atoms with van der Waals surface area (Å²) in [7, 11) is 1.66. The van der Waals surface area contributed by atoms with Crippen molar-refractivity contribution in [3.8, 4) is 5.75 Å². The van der Waals surface area contributed by atoms with Crippen molar-refractivity contribution in [1.29, 1.82) is 0 Å². The lowest BCUT2D eigenvalue weighted by Gasteiger charge is -2.22. The molecule has 0 saturated heterocycles. The van der Waals surface area contributed by atoms with Gasteiger partial charge in [-0.2, -0.15) is 0 Å². The molecule has 134 valence electrons. The average molecular weight is 386 g/mol. The van der Waals surface area contributed by atoms with Crippen molar-refractivity contribution in [3.63, 3.8) is 0 Å². The lowest BCUT2D eigenvalue weighted by atomic mass is 10.2. The SMILES string of the molecule is COc1ccc(CN(C(=O)CSc2ncnc3ccsc23)C2CC2)cc1. The summed E-state index contributed by atoms with van der Waals surface area (Å²) in [6.45, 7) is 0.645. The summed E-state index contributed by atoms with van der Waals surface area (Å²) < 4.78 is 6.26. The Balaban J connectivity index is 1.43. The molecule has 2 aromatic heterocycles. The minimum atomic E-state index is 0.164. The molecule has 0 unspecified atom stereocenters. The monoisotopic (exact) mass is 385 g/mol. The third kappa shape index (κ3) is 3.83. The van der Waals surface area contributed by atoms with Gasteiger partial charge in [-0.15, -0.1) is 11.3 Å². The molecule has 1 saturated carbocycles. The van der Waals surface area contributed by atoms with Crippen LogP contribution in [0.3, 0.4) is 0 Å². The van der Waals surface area contributed by atoms with E-state index in [4.69, 9.17) is 4.74 Å². The number of carbonyl (C=O) groups excluding carboxylic acids is 1. The normalized spacial score (nSPS) is 13.7. The number of benzene rings is 1. The number of aromatic nitrogens is 2. The average Bonchev–Trinajstić information content (AvgIpc) is 3.40. The van der Waals surface area contributed by atoms with Gasteiger partial charge in [0.2, 0.25) is 5.91 Å². The first kappa shape index (κ1) is 17.3. The Morgan fingerprint density at radius 1 is 1.27 bits per heavy atom. The number of amides is 1. The largest absolute Gasteiger partial charge is 0.497 e. The summed E-state index contributed by atoms with van der Waals surface area (Å²) in [4.78, 5) is 23.4. The van der Waals surface area contributed by atoms with Gasteiger partial charge in [0.15, 0.2) is 0 Å². The quantitative estimate of drug-likeness (QED) is 0.455. The zero-order chi connectivity index (χ0) is 17.9. The number of fused-ring (bicyclic) bond motifs is 1. The topological polar surface area (TPSA) is 55.3 Å². The highest BCUT2D eigenvalue weighted by Crippen LogP contribution is 2.32. The molecule has 0 spiro atoms. The van der Waals surface area contributed by atoms with Gasteiger partial charge in [-0.1, -0.05) is 23.9 Å². The zero-order valence-corrected chi connectivity index (χ0v) is 16.1. The second-order valence-electron chi connectivity index (χ2n) is 6.20. The highest BCUT2D eigenvalue weighted by atomic mass is 32.2. The van der Waals surface area contributed by atoms with E-state index in [1.807, 2.05) is 40.6 Å². The Morgan fingerprint density at radius 2 is 2.08 bits per heavy atom. The summed E-state index contributed by atoms with van der Waals surface area (Å²) in [6.07, 6.45) is 3.75. The van der Waals surface area contributed by atoms with Gasteiger partial charge >= 0.3 is 0 Å². The Bertz CT molecular complexity index is 907. The number of hydrogen-bond donors (Lipinski definition) is 0. The second-order valence-corrected chi connectivity index (χ2v) is 8.08. The van der Waals surface area contributed by atoms with E-state index in [0.717, 1.165) is 39.4 Å². The van der Waals surface area contributed by atoms with E-state index in [1.54, 1.807) is 24.8 Å². The van der Waals surface area contributed by atoms with Gasteiger partial charge in [0.25, 0.3) is 0 Å². The van der Waals surface area contributed by atoms with Crippen molar-refractivity contribution in [1.82, 2.24) is 14.9 Å². The molecule has 0 aliphatic heterocycles. The van der Waals surface area contributed by atoms with E-state index >= 15 is 0 Å².